The number of anilines is 1. The van der Waals surface area contributed by atoms with Gasteiger partial charge in [0.05, 0.1) is 32.4 Å². The zero-order chi connectivity index (χ0) is 26.6. The molecule has 10 heteroatoms. The lowest BCUT2D eigenvalue weighted by atomic mass is 10.1. The zero-order valence-electron chi connectivity index (χ0n) is 21.6. The van der Waals surface area contributed by atoms with Crippen LogP contribution in [0, 0.1) is 27.7 Å². The summed E-state index contributed by atoms with van der Waals surface area (Å²) in [7, 11) is -0.885. The molecule has 0 radical (unpaired) electrons. The van der Waals surface area contributed by atoms with Gasteiger partial charge in [-0.3, -0.25) is 9.10 Å². The fraction of sp³-hybridized carbons (Fsp3) is 0.308. The summed E-state index contributed by atoms with van der Waals surface area (Å²) in [6, 6.07) is 12.9. The number of hydrogen-bond acceptors (Lipinski definition) is 6. The molecule has 3 rings (SSSR count). The van der Waals surface area contributed by atoms with E-state index < -0.39 is 22.5 Å². The monoisotopic (exact) mass is 512 g/mol. The Morgan fingerprint density at radius 2 is 1.75 bits per heavy atom. The highest BCUT2D eigenvalue weighted by molar-refractivity contribution is 7.92. The van der Waals surface area contributed by atoms with E-state index in [1.807, 2.05) is 19.9 Å². The number of aromatic nitrogens is 1. The molecule has 0 saturated carbocycles. The molecule has 0 fully saturated rings. The third kappa shape index (κ3) is 5.88. The lowest BCUT2D eigenvalue weighted by Gasteiger charge is -2.23. The molecule has 1 heterocycles. The van der Waals surface area contributed by atoms with E-state index in [9.17, 15) is 13.2 Å². The lowest BCUT2D eigenvalue weighted by molar-refractivity contribution is -0.119. The van der Waals surface area contributed by atoms with Gasteiger partial charge in [0.2, 0.25) is 10.0 Å². The highest BCUT2D eigenvalue weighted by Crippen LogP contribution is 2.33. The highest BCUT2D eigenvalue weighted by Gasteiger charge is 2.24. The number of hydrogen-bond donors (Lipinski definition) is 1. The number of benzene rings is 2. The van der Waals surface area contributed by atoms with Gasteiger partial charge in [-0.05, 0) is 69.2 Å². The first-order chi connectivity index (χ1) is 17.0. The van der Waals surface area contributed by atoms with Crippen molar-refractivity contribution in [3.63, 3.8) is 0 Å². The van der Waals surface area contributed by atoms with Gasteiger partial charge in [-0.1, -0.05) is 6.07 Å². The maximum atomic E-state index is 12.6. The second-order valence-corrected chi connectivity index (χ2v) is 10.4. The number of hydrazone groups is 1. The summed E-state index contributed by atoms with van der Waals surface area (Å²) in [5.74, 6) is 0.156. The molecule has 36 heavy (non-hydrogen) atoms. The summed E-state index contributed by atoms with van der Waals surface area (Å²) in [5, 5.41) is 4.07. The summed E-state index contributed by atoms with van der Waals surface area (Å²) in [5.41, 5.74) is 8.95. The molecule has 0 atom stereocenters. The number of carbonyl (C=O) groups is 1. The van der Waals surface area contributed by atoms with Crippen LogP contribution >= 0.6 is 0 Å². The molecular formula is C26H32N4O5S. The first kappa shape index (κ1) is 26.8. The van der Waals surface area contributed by atoms with E-state index in [1.165, 1.54) is 31.4 Å². The molecule has 1 aromatic heterocycles. The maximum Gasteiger partial charge on any atom is 0.260 e. The molecule has 0 spiro atoms. The Balaban J connectivity index is 1.79. The smallest absolute Gasteiger partial charge is 0.260 e. The molecule has 0 unspecified atom stereocenters. The van der Waals surface area contributed by atoms with Crippen molar-refractivity contribution in [3.8, 4) is 17.2 Å². The van der Waals surface area contributed by atoms with Crippen LogP contribution in [0.15, 0.2) is 47.6 Å². The van der Waals surface area contributed by atoms with Crippen LogP contribution in [0.5, 0.6) is 11.5 Å². The minimum Gasteiger partial charge on any atom is -0.497 e. The Morgan fingerprint density at radius 1 is 1.03 bits per heavy atom. The molecule has 0 saturated heterocycles. The lowest BCUT2D eigenvalue weighted by Crippen LogP contribution is -2.39. The van der Waals surface area contributed by atoms with Gasteiger partial charge < -0.3 is 14.0 Å². The van der Waals surface area contributed by atoms with Crippen LogP contribution in [-0.2, 0) is 14.8 Å². The molecule has 1 amide bonds. The normalized spacial score (nSPS) is 11.5. The summed E-state index contributed by atoms with van der Waals surface area (Å²) in [6.07, 6.45) is 2.57. The molecular weight excluding hydrogens is 480 g/mol. The van der Waals surface area contributed by atoms with Crippen LogP contribution in [0.2, 0.25) is 0 Å². The van der Waals surface area contributed by atoms with Crippen molar-refractivity contribution in [2.24, 2.45) is 5.10 Å². The highest BCUT2D eigenvalue weighted by atomic mass is 32.2. The Bertz CT molecular complexity index is 1410. The quantitative estimate of drug-likeness (QED) is 0.348. The zero-order valence-corrected chi connectivity index (χ0v) is 22.4. The van der Waals surface area contributed by atoms with Gasteiger partial charge in [0.15, 0.2) is 0 Å². The summed E-state index contributed by atoms with van der Waals surface area (Å²) >= 11 is 0. The average molecular weight is 513 g/mol. The first-order valence-corrected chi connectivity index (χ1v) is 13.1. The van der Waals surface area contributed by atoms with Crippen molar-refractivity contribution in [2.75, 3.05) is 31.3 Å². The van der Waals surface area contributed by atoms with Crippen molar-refractivity contribution in [3.05, 3.63) is 70.5 Å². The Kier molecular flexibility index (Phi) is 8.09. The van der Waals surface area contributed by atoms with Gasteiger partial charge in [0.1, 0.15) is 18.0 Å². The molecule has 192 valence electrons. The summed E-state index contributed by atoms with van der Waals surface area (Å²) in [6.45, 7) is 7.66. The predicted molar refractivity (Wildman–Crippen MR) is 142 cm³/mol. The number of aryl methyl sites for hydroxylation is 3. The molecule has 0 bridgehead atoms. The number of nitrogens with one attached hydrogen (secondary N) is 1. The van der Waals surface area contributed by atoms with E-state index in [0.29, 0.717) is 5.75 Å². The van der Waals surface area contributed by atoms with E-state index in [1.54, 1.807) is 18.3 Å². The van der Waals surface area contributed by atoms with Crippen LogP contribution in [-0.4, -0.2) is 52.1 Å². The van der Waals surface area contributed by atoms with Crippen molar-refractivity contribution >= 4 is 27.8 Å². The molecule has 2 aromatic carbocycles. The molecule has 3 aromatic rings. The van der Waals surface area contributed by atoms with E-state index in [-0.39, 0.29) is 11.4 Å². The number of carbonyl (C=O) groups excluding carboxylic acids is 1. The third-order valence-electron chi connectivity index (χ3n) is 5.95. The molecule has 0 aliphatic heterocycles. The van der Waals surface area contributed by atoms with Gasteiger partial charge in [-0.15, -0.1) is 0 Å². The van der Waals surface area contributed by atoms with E-state index >= 15 is 0 Å². The van der Waals surface area contributed by atoms with Crippen molar-refractivity contribution in [2.45, 2.75) is 27.7 Å². The number of rotatable bonds is 9. The number of methoxy groups -OCH3 is 2. The maximum absolute atomic E-state index is 12.6. The standard InChI is InChI=1S/C26H32N4O5S/c1-17-8-9-22(12-18(17)2)30-19(3)13-21(20(30)4)15-27-28-26(31)16-29(36(7,32)33)24-11-10-23(34-5)14-25(24)35-6/h8-15H,16H2,1-7H3,(H,28,31)/b27-15-. The van der Waals surface area contributed by atoms with Gasteiger partial charge in [-0.2, -0.15) is 5.10 Å². The molecule has 9 nitrogen and oxygen atoms in total. The SMILES string of the molecule is COc1ccc(N(CC(=O)N/N=C\c2cc(C)n(-c3ccc(C)c(C)c3)c2C)S(C)(=O)=O)c(OC)c1. The number of ether oxygens (including phenoxy) is 2. The minimum absolute atomic E-state index is 0.219. The third-order valence-corrected chi connectivity index (χ3v) is 7.08. The predicted octanol–water partition coefficient (Wildman–Crippen LogP) is 3.64. The Labute approximate surface area is 212 Å². The summed E-state index contributed by atoms with van der Waals surface area (Å²) < 4.78 is 38.5. The first-order valence-electron chi connectivity index (χ1n) is 11.2. The van der Waals surface area contributed by atoms with Gasteiger partial charge in [0.25, 0.3) is 5.91 Å². The fourth-order valence-corrected chi connectivity index (χ4v) is 4.75. The summed E-state index contributed by atoms with van der Waals surface area (Å²) in [4.78, 5) is 12.6. The molecule has 0 aliphatic carbocycles. The molecule has 0 aliphatic rings. The minimum atomic E-state index is -3.79. The van der Waals surface area contributed by atoms with Crippen LogP contribution in [0.25, 0.3) is 5.69 Å². The van der Waals surface area contributed by atoms with E-state index in [0.717, 1.165) is 33.2 Å². The second-order valence-electron chi connectivity index (χ2n) is 8.53. The van der Waals surface area contributed by atoms with Crippen molar-refractivity contribution in [1.82, 2.24) is 9.99 Å². The number of nitrogens with zero attached hydrogens (tertiary/aromatic N) is 3. The second kappa shape index (κ2) is 10.9. The van der Waals surface area contributed by atoms with E-state index in [2.05, 4.69) is 47.1 Å². The Hall–Kier alpha value is -3.79. The molecule has 1 N–H and O–H groups in total. The topological polar surface area (TPSA) is 102 Å². The van der Waals surface area contributed by atoms with Gasteiger partial charge in [-0.25, -0.2) is 13.8 Å². The largest absolute Gasteiger partial charge is 0.497 e. The van der Waals surface area contributed by atoms with Crippen molar-refractivity contribution < 1.29 is 22.7 Å². The Morgan fingerprint density at radius 3 is 2.36 bits per heavy atom. The van der Waals surface area contributed by atoms with Crippen LogP contribution in [0.1, 0.15) is 28.1 Å². The van der Waals surface area contributed by atoms with Crippen LogP contribution in [0.3, 0.4) is 0 Å². The number of amides is 1. The van der Waals surface area contributed by atoms with Gasteiger partial charge >= 0.3 is 0 Å². The van der Waals surface area contributed by atoms with E-state index in [4.69, 9.17) is 9.47 Å². The fourth-order valence-electron chi connectivity index (χ4n) is 3.89. The van der Waals surface area contributed by atoms with Gasteiger partial charge in [0, 0.05) is 28.7 Å². The van der Waals surface area contributed by atoms with Crippen molar-refractivity contribution in [1.29, 1.82) is 0 Å². The average Bonchev–Trinajstić information content (AvgIpc) is 3.11. The van der Waals surface area contributed by atoms with Crippen LogP contribution < -0.4 is 19.2 Å². The number of sulfonamides is 1. The van der Waals surface area contributed by atoms with Crippen LogP contribution in [0.4, 0.5) is 5.69 Å².